The van der Waals surface area contributed by atoms with E-state index in [0.29, 0.717) is 17.0 Å². The third-order valence-corrected chi connectivity index (χ3v) is 8.57. The molecule has 8 heteroatoms. The minimum atomic E-state index is -2.66. The first kappa shape index (κ1) is 22.9. The van der Waals surface area contributed by atoms with Gasteiger partial charge in [0.1, 0.15) is 5.82 Å². The second-order valence-electron chi connectivity index (χ2n) is 9.02. The molecule has 5 nitrogen and oxygen atoms in total. The summed E-state index contributed by atoms with van der Waals surface area (Å²) in [6, 6.07) is 19.1. The quantitative estimate of drug-likeness (QED) is 0.292. The number of halogens is 2. The van der Waals surface area contributed by atoms with Crippen LogP contribution in [0, 0.1) is 5.82 Å². The summed E-state index contributed by atoms with van der Waals surface area (Å²) in [5, 5.41) is 4.49. The Morgan fingerprint density at radius 1 is 1.09 bits per heavy atom. The number of carbonyl (C=O) groups excluding carboxylic acids is 1. The van der Waals surface area contributed by atoms with Gasteiger partial charge < -0.3 is 9.88 Å². The second kappa shape index (κ2) is 8.43. The molecule has 3 N–H and O–H groups in total. The Balaban J connectivity index is 1.60. The monoisotopic (exact) mass is 498 g/mol. The van der Waals surface area contributed by atoms with Crippen LogP contribution in [-0.4, -0.2) is 36.6 Å². The first-order valence-corrected chi connectivity index (χ1v) is 13.1. The lowest BCUT2D eigenvalue weighted by atomic mass is 10.0. The SMILES string of the molecule is CC1(NC(=O)c2ccc3c(-c4ccccc4Cl)cn(-c4ccc(F)cc4)c3c2)CCS(O)(O)C1. The topological polar surface area (TPSA) is 74.5 Å². The van der Waals surface area contributed by atoms with Crippen LogP contribution in [0.25, 0.3) is 27.7 Å². The Bertz CT molecular complexity index is 1400. The molecule has 1 aromatic heterocycles. The van der Waals surface area contributed by atoms with Crippen LogP contribution in [0.5, 0.6) is 0 Å². The van der Waals surface area contributed by atoms with Crippen molar-refractivity contribution in [3.05, 3.63) is 89.3 Å². The summed E-state index contributed by atoms with van der Waals surface area (Å²) < 4.78 is 35.5. The molecule has 1 fully saturated rings. The summed E-state index contributed by atoms with van der Waals surface area (Å²) in [6.07, 6.45) is 2.44. The zero-order valence-corrected chi connectivity index (χ0v) is 20.0. The van der Waals surface area contributed by atoms with Gasteiger partial charge in [-0.3, -0.25) is 13.9 Å². The number of aromatic nitrogens is 1. The van der Waals surface area contributed by atoms with Crippen LogP contribution >= 0.6 is 22.2 Å². The van der Waals surface area contributed by atoms with E-state index in [-0.39, 0.29) is 23.2 Å². The standard InChI is InChI=1S/C26H24ClFN2O3S/c1-26(12-13-34(32,33)16-26)29-25(31)17-6-11-21-22(20-4-2-3-5-23(20)27)15-30(24(21)14-17)19-9-7-18(28)8-10-19/h2-11,14-15,32-33H,12-13,16H2,1H3,(H,29,31). The van der Waals surface area contributed by atoms with Gasteiger partial charge in [0.2, 0.25) is 0 Å². The van der Waals surface area contributed by atoms with Crippen molar-refractivity contribution in [2.75, 3.05) is 11.5 Å². The number of nitrogens with zero attached hydrogens (tertiary/aromatic N) is 1. The van der Waals surface area contributed by atoms with Crippen LogP contribution in [0.4, 0.5) is 4.39 Å². The van der Waals surface area contributed by atoms with E-state index in [1.165, 1.54) is 12.1 Å². The number of amides is 1. The Morgan fingerprint density at radius 2 is 1.82 bits per heavy atom. The molecule has 0 spiro atoms. The first-order chi connectivity index (χ1) is 16.1. The fraction of sp³-hybridized carbons (Fsp3) is 0.192. The molecule has 1 aliphatic heterocycles. The molecule has 3 aromatic carbocycles. The van der Waals surface area contributed by atoms with Gasteiger partial charge in [0.15, 0.2) is 0 Å². The normalized spacial score (nSPS) is 20.4. The third kappa shape index (κ3) is 4.32. The number of hydrogen-bond donors (Lipinski definition) is 3. The summed E-state index contributed by atoms with van der Waals surface area (Å²) in [7, 11) is -2.66. The van der Waals surface area contributed by atoms with E-state index in [1.54, 1.807) is 24.3 Å². The molecular formula is C26H24ClFN2O3S. The number of nitrogens with one attached hydrogen (secondary N) is 1. The second-order valence-corrected chi connectivity index (χ2v) is 11.7. The van der Waals surface area contributed by atoms with Gasteiger partial charge in [-0.15, -0.1) is 0 Å². The first-order valence-electron chi connectivity index (χ1n) is 10.9. The van der Waals surface area contributed by atoms with Crippen molar-refractivity contribution in [3.63, 3.8) is 0 Å². The highest BCUT2D eigenvalue weighted by Crippen LogP contribution is 2.50. The summed E-state index contributed by atoms with van der Waals surface area (Å²) in [4.78, 5) is 13.1. The summed E-state index contributed by atoms with van der Waals surface area (Å²) in [5.74, 6) is -0.177. The van der Waals surface area contributed by atoms with Gasteiger partial charge in [0.25, 0.3) is 5.91 Å². The van der Waals surface area contributed by atoms with Crippen molar-refractivity contribution >= 4 is 39.0 Å². The van der Waals surface area contributed by atoms with Crippen molar-refractivity contribution < 1.29 is 18.3 Å². The summed E-state index contributed by atoms with van der Waals surface area (Å²) in [6.45, 7) is 1.83. The average Bonchev–Trinajstić information content (AvgIpc) is 3.30. The van der Waals surface area contributed by atoms with E-state index in [1.807, 2.05) is 48.0 Å². The molecule has 176 valence electrons. The minimum Gasteiger partial charge on any atom is -0.345 e. The zero-order valence-electron chi connectivity index (χ0n) is 18.5. The Hall–Kier alpha value is -2.84. The number of hydrogen-bond acceptors (Lipinski definition) is 3. The Labute approximate surface area is 203 Å². The molecule has 4 aromatic rings. The van der Waals surface area contributed by atoms with Crippen molar-refractivity contribution in [3.8, 4) is 16.8 Å². The van der Waals surface area contributed by atoms with Crippen molar-refractivity contribution in [1.29, 1.82) is 0 Å². The van der Waals surface area contributed by atoms with Crippen LogP contribution in [0.1, 0.15) is 23.7 Å². The molecule has 1 unspecified atom stereocenters. The van der Waals surface area contributed by atoms with Crippen LogP contribution in [0.15, 0.2) is 72.9 Å². The Morgan fingerprint density at radius 3 is 2.50 bits per heavy atom. The van der Waals surface area contributed by atoms with E-state index < -0.39 is 16.1 Å². The smallest absolute Gasteiger partial charge is 0.251 e. The molecule has 2 heterocycles. The molecule has 5 rings (SSSR count). The average molecular weight is 499 g/mol. The van der Waals surface area contributed by atoms with Gasteiger partial charge in [0.05, 0.1) is 16.8 Å². The van der Waals surface area contributed by atoms with Crippen molar-refractivity contribution in [1.82, 2.24) is 9.88 Å². The maximum Gasteiger partial charge on any atom is 0.251 e. The lowest BCUT2D eigenvalue weighted by molar-refractivity contribution is 0.0915. The van der Waals surface area contributed by atoms with Gasteiger partial charge >= 0.3 is 0 Å². The molecule has 34 heavy (non-hydrogen) atoms. The van der Waals surface area contributed by atoms with Crippen LogP contribution in [-0.2, 0) is 0 Å². The maximum atomic E-state index is 13.6. The largest absolute Gasteiger partial charge is 0.345 e. The van der Waals surface area contributed by atoms with Crippen molar-refractivity contribution in [2.24, 2.45) is 0 Å². The molecule has 0 saturated carbocycles. The van der Waals surface area contributed by atoms with Gasteiger partial charge in [0, 0.05) is 44.7 Å². The molecule has 1 amide bonds. The van der Waals surface area contributed by atoms with Crippen molar-refractivity contribution in [2.45, 2.75) is 18.9 Å². The fourth-order valence-corrected chi connectivity index (χ4v) is 6.96. The summed E-state index contributed by atoms with van der Waals surface area (Å²) in [5.41, 5.74) is 3.05. The number of carbonyl (C=O) groups is 1. The zero-order chi connectivity index (χ0) is 24.1. The maximum absolute atomic E-state index is 13.6. The van der Waals surface area contributed by atoms with E-state index in [4.69, 9.17) is 11.6 Å². The third-order valence-electron chi connectivity index (χ3n) is 6.28. The van der Waals surface area contributed by atoms with Gasteiger partial charge in [-0.25, -0.2) is 4.39 Å². The van der Waals surface area contributed by atoms with E-state index in [2.05, 4.69) is 5.32 Å². The molecule has 1 aliphatic rings. The lowest BCUT2D eigenvalue weighted by Crippen LogP contribution is -2.46. The van der Waals surface area contributed by atoms with Gasteiger partial charge in [-0.2, -0.15) is 10.6 Å². The molecule has 0 bridgehead atoms. The molecule has 1 saturated heterocycles. The highest BCUT2D eigenvalue weighted by atomic mass is 35.5. The summed E-state index contributed by atoms with van der Waals surface area (Å²) >= 11 is 6.49. The predicted octanol–water partition coefficient (Wildman–Crippen LogP) is 6.73. The van der Waals surface area contributed by atoms with Crippen LogP contribution in [0.3, 0.4) is 0 Å². The van der Waals surface area contributed by atoms with E-state index >= 15 is 0 Å². The molecule has 0 aliphatic carbocycles. The lowest BCUT2D eigenvalue weighted by Gasteiger charge is -2.30. The number of fused-ring (bicyclic) bond motifs is 1. The van der Waals surface area contributed by atoms with E-state index in [0.717, 1.165) is 27.7 Å². The van der Waals surface area contributed by atoms with E-state index in [9.17, 15) is 18.3 Å². The van der Waals surface area contributed by atoms with Gasteiger partial charge in [-0.05, 0) is 55.8 Å². The predicted molar refractivity (Wildman–Crippen MR) is 137 cm³/mol. The van der Waals surface area contributed by atoms with Crippen LogP contribution in [0.2, 0.25) is 5.02 Å². The van der Waals surface area contributed by atoms with Crippen LogP contribution < -0.4 is 5.32 Å². The number of benzene rings is 3. The minimum absolute atomic E-state index is 0.149. The molecular weight excluding hydrogens is 475 g/mol. The molecule has 1 atom stereocenters. The highest BCUT2D eigenvalue weighted by Gasteiger charge is 2.39. The van der Waals surface area contributed by atoms with Gasteiger partial charge in [-0.1, -0.05) is 35.9 Å². The Kier molecular flexibility index (Phi) is 5.68. The molecule has 0 radical (unpaired) electrons. The highest BCUT2D eigenvalue weighted by molar-refractivity contribution is 8.24. The number of rotatable bonds is 4. The fourth-order valence-electron chi connectivity index (χ4n) is 4.57.